The minimum Gasteiger partial charge on any atom is -0.497 e. The first-order valence-electron chi connectivity index (χ1n) is 8.67. The Labute approximate surface area is 157 Å². The van der Waals surface area contributed by atoms with Gasteiger partial charge in [0, 0.05) is 24.1 Å². The predicted octanol–water partition coefficient (Wildman–Crippen LogP) is 0.483. The Balaban J connectivity index is 1.41. The third-order valence-electron chi connectivity index (χ3n) is 4.24. The summed E-state index contributed by atoms with van der Waals surface area (Å²) in [4.78, 5) is 24.2. The van der Waals surface area contributed by atoms with E-state index in [4.69, 9.17) is 9.47 Å². The Morgan fingerprint density at radius 2 is 2.00 bits per heavy atom. The molecule has 1 aromatic carbocycles. The van der Waals surface area contributed by atoms with Gasteiger partial charge in [0.25, 0.3) is 11.8 Å². The number of hydrogen-bond acceptors (Lipinski definition) is 6. The van der Waals surface area contributed by atoms with E-state index in [9.17, 15) is 9.59 Å². The molecule has 2 amide bonds. The summed E-state index contributed by atoms with van der Waals surface area (Å²) in [5, 5.41) is 13.3. The van der Waals surface area contributed by atoms with Crippen LogP contribution in [0.15, 0.2) is 30.5 Å². The summed E-state index contributed by atoms with van der Waals surface area (Å²) in [7, 11) is 1.54. The molecule has 1 saturated heterocycles. The number of aromatic nitrogens is 3. The van der Waals surface area contributed by atoms with Crippen molar-refractivity contribution in [3.63, 3.8) is 0 Å². The van der Waals surface area contributed by atoms with Gasteiger partial charge in [0.2, 0.25) is 0 Å². The number of ether oxygens (including phenoxy) is 2. The highest BCUT2D eigenvalue weighted by Gasteiger charge is 2.34. The van der Waals surface area contributed by atoms with Crippen LogP contribution in [-0.4, -0.2) is 60.2 Å². The van der Waals surface area contributed by atoms with Crippen LogP contribution in [0.2, 0.25) is 0 Å². The lowest BCUT2D eigenvalue weighted by atomic mass is 9.89. The van der Waals surface area contributed by atoms with E-state index in [2.05, 4.69) is 27.9 Å². The normalized spacial score (nSPS) is 14.9. The van der Waals surface area contributed by atoms with Gasteiger partial charge in [-0.25, -0.2) is 0 Å². The van der Waals surface area contributed by atoms with Gasteiger partial charge in [-0.1, -0.05) is 18.2 Å². The van der Waals surface area contributed by atoms with Crippen LogP contribution in [0, 0.1) is 5.41 Å². The highest BCUT2D eigenvalue weighted by Crippen LogP contribution is 2.28. The highest BCUT2D eigenvalue weighted by molar-refractivity contribution is 5.94. The summed E-state index contributed by atoms with van der Waals surface area (Å²) in [6.07, 6.45) is 1.62. The maximum absolute atomic E-state index is 12.1. The Kier molecular flexibility index (Phi) is 5.70. The molecule has 1 fully saturated rings. The molecule has 1 aliphatic rings. The molecule has 9 nitrogen and oxygen atoms in total. The molecule has 9 heteroatoms. The van der Waals surface area contributed by atoms with Crippen LogP contribution in [0.4, 0.5) is 0 Å². The molecule has 0 atom stereocenters. The second-order valence-electron chi connectivity index (χ2n) is 6.85. The Bertz CT molecular complexity index is 816. The summed E-state index contributed by atoms with van der Waals surface area (Å²) in [6, 6.07) is 6.86. The van der Waals surface area contributed by atoms with Gasteiger partial charge >= 0.3 is 0 Å². The number of methoxy groups -OCH3 is 1. The lowest BCUT2D eigenvalue weighted by Crippen LogP contribution is -2.43. The molecule has 1 aliphatic heterocycles. The molecule has 2 N–H and O–H groups in total. The van der Waals surface area contributed by atoms with E-state index in [0.29, 0.717) is 37.6 Å². The van der Waals surface area contributed by atoms with Crippen molar-refractivity contribution in [2.75, 3.05) is 33.4 Å². The Hall–Kier alpha value is -2.94. The third-order valence-corrected chi connectivity index (χ3v) is 4.24. The van der Waals surface area contributed by atoms with Gasteiger partial charge in [0.15, 0.2) is 5.69 Å². The van der Waals surface area contributed by atoms with E-state index < -0.39 is 0 Å². The summed E-state index contributed by atoms with van der Waals surface area (Å²) < 4.78 is 12.0. The second-order valence-corrected chi connectivity index (χ2v) is 6.85. The molecule has 144 valence electrons. The van der Waals surface area contributed by atoms with E-state index in [0.717, 1.165) is 0 Å². The SMILES string of the molecule is COc1cccc(C(=O)NCCNC(=O)c2cn(CC3(C)COC3)nn2)c1. The van der Waals surface area contributed by atoms with E-state index in [-0.39, 0.29) is 29.5 Å². The molecular weight excluding hydrogens is 350 g/mol. The Morgan fingerprint density at radius 1 is 1.26 bits per heavy atom. The molecule has 0 radical (unpaired) electrons. The zero-order chi connectivity index (χ0) is 19.3. The number of rotatable bonds is 8. The number of nitrogens with zero attached hydrogens (tertiary/aromatic N) is 3. The number of carbonyl (C=O) groups is 2. The molecule has 0 unspecified atom stereocenters. The molecule has 0 bridgehead atoms. The maximum Gasteiger partial charge on any atom is 0.273 e. The molecule has 0 spiro atoms. The van der Waals surface area contributed by atoms with Crippen LogP contribution < -0.4 is 15.4 Å². The van der Waals surface area contributed by atoms with Crippen LogP contribution in [0.3, 0.4) is 0 Å². The van der Waals surface area contributed by atoms with Crippen molar-refractivity contribution in [2.24, 2.45) is 5.41 Å². The first-order valence-corrected chi connectivity index (χ1v) is 8.67. The minimum atomic E-state index is -0.327. The standard InChI is InChI=1S/C18H23N5O4/c1-18(11-27-12-18)10-23-9-15(21-22-23)17(25)20-7-6-19-16(24)13-4-3-5-14(8-13)26-2/h3-5,8-9H,6-7,10-12H2,1-2H3,(H,19,24)(H,20,25). The largest absolute Gasteiger partial charge is 0.497 e. The van der Waals surface area contributed by atoms with Crippen molar-refractivity contribution in [2.45, 2.75) is 13.5 Å². The summed E-state index contributed by atoms with van der Waals surface area (Å²) in [5.41, 5.74) is 0.793. The molecule has 2 heterocycles. The Morgan fingerprint density at radius 3 is 2.67 bits per heavy atom. The number of amides is 2. The summed E-state index contributed by atoms with van der Waals surface area (Å²) in [5.74, 6) is 0.0540. The van der Waals surface area contributed by atoms with Crippen molar-refractivity contribution >= 4 is 11.8 Å². The van der Waals surface area contributed by atoms with Crippen LogP contribution in [0.5, 0.6) is 5.75 Å². The predicted molar refractivity (Wildman–Crippen MR) is 96.6 cm³/mol. The van der Waals surface area contributed by atoms with Crippen molar-refractivity contribution in [3.8, 4) is 5.75 Å². The van der Waals surface area contributed by atoms with E-state index in [1.54, 1.807) is 42.3 Å². The number of benzene rings is 1. The lowest BCUT2D eigenvalue weighted by molar-refractivity contribution is -0.111. The zero-order valence-electron chi connectivity index (χ0n) is 15.4. The molecule has 0 aliphatic carbocycles. The molecule has 0 saturated carbocycles. The fourth-order valence-electron chi connectivity index (χ4n) is 2.72. The van der Waals surface area contributed by atoms with E-state index >= 15 is 0 Å². The topological polar surface area (TPSA) is 107 Å². The van der Waals surface area contributed by atoms with Crippen LogP contribution in [0.25, 0.3) is 0 Å². The fraction of sp³-hybridized carbons (Fsp3) is 0.444. The van der Waals surface area contributed by atoms with Crippen molar-refractivity contribution in [1.29, 1.82) is 0 Å². The van der Waals surface area contributed by atoms with E-state index in [1.807, 2.05) is 0 Å². The van der Waals surface area contributed by atoms with Gasteiger partial charge in [0.1, 0.15) is 5.75 Å². The average Bonchev–Trinajstić information content (AvgIpc) is 3.12. The van der Waals surface area contributed by atoms with Crippen LogP contribution in [0.1, 0.15) is 27.8 Å². The lowest BCUT2D eigenvalue weighted by Gasteiger charge is -2.37. The number of carbonyl (C=O) groups excluding carboxylic acids is 2. The van der Waals surface area contributed by atoms with E-state index in [1.165, 1.54) is 0 Å². The molecule has 1 aromatic heterocycles. The van der Waals surface area contributed by atoms with Gasteiger partial charge in [0.05, 0.1) is 33.1 Å². The fourth-order valence-corrected chi connectivity index (χ4v) is 2.72. The maximum atomic E-state index is 12.1. The number of nitrogens with one attached hydrogen (secondary N) is 2. The third kappa shape index (κ3) is 4.82. The summed E-state index contributed by atoms with van der Waals surface area (Å²) in [6.45, 7) is 4.70. The van der Waals surface area contributed by atoms with Crippen molar-refractivity contribution in [3.05, 3.63) is 41.7 Å². The van der Waals surface area contributed by atoms with Crippen LogP contribution >= 0.6 is 0 Å². The van der Waals surface area contributed by atoms with Crippen molar-refractivity contribution < 1.29 is 19.1 Å². The minimum absolute atomic E-state index is 0.0475. The quantitative estimate of drug-likeness (QED) is 0.652. The van der Waals surface area contributed by atoms with Gasteiger partial charge in [-0.2, -0.15) is 0 Å². The zero-order valence-corrected chi connectivity index (χ0v) is 15.4. The highest BCUT2D eigenvalue weighted by atomic mass is 16.5. The summed E-state index contributed by atoms with van der Waals surface area (Å²) >= 11 is 0. The first kappa shape index (κ1) is 18.8. The van der Waals surface area contributed by atoms with Crippen molar-refractivity contribution in [1.82, 2.24) is 25.6 Å². The van der Waals surface area contributed by atoms with Gasteiger partial charge in [-0.3, -0.25) is 14.3 Å². The van der Waals surface area contributed by atoms with Crippen LogP contribution in [-0.2, 0) is 11.3 Å². The molecular formula is C18H23N5O4. The first-order chi connectivity index (χ1) is 13.0. The molecule has 3 rings (SSSR count). The average molecular weight is 373 g/mol. The van der Waals surface area contributed by atoms with Gasteiger partial charge in [-0.05, 0) is 18.2 Å². The van der Waals surface area contributed by atoms with Gasteiger partial charge < -0.3 is 20.1 Å². The van der Waals surface area contributed by atoms with Gasteiger partial charge in [-0.15, -0.1) is 5.10 Å². The smallest absolute Gasteiger partial charge is 0.273 e. The number of hydrogen-bond donors (Lipinski definition) is 2. The molecule has 2 aromatic rings. The molecule has 27 heavy (non-hydrogen) atoms. The monoisotopic (exact) mass is 373 g/mol. The second kappa shape index (κ2) is 8.17.